The van der Waals surface area contributed by atoms with Crippen LogP contribution in [-0.4, -0.2) is 27.6 Å². The fraction of sp³-hybridized carbons (Fsp3) is 0.429. The Labute approximate surface area is 161 Å². The van der Waals surface area contributed by atoms with Gasteiger partial charge in [-0.25, -0.2) is 9.97 Å². The molecule has 146 valence electrons. The monoisotopic (exact) mass is 386 g/mol. The number of halogens is 3. The molecule has 0 amide bonds. The van der Waals surface area contributed by atoms with E-state index in [-0.39, 0.29) is 0 Å². The molecule has 1 saturated heterocycles. The highest BCUT2D eigenvalue weighted by molar-refractivity contribution is 5.76. The van der Waals surface area contributed by atoms with Gasteiger partial charge in [-0.15, -0.1) is 0 Å². The molecule has 0 bridgehead atoms. The van der Waals surface area contributed by atoms with E-state index in [1.165, 1.54) is 11.6 Å². The third kappa shape index (κ3) is 2.84. The summed E-state index contributed by atoms with van der Waals surface area (Å²) in [6.07, 6.45) is -0.334. The SMILES string of the molecule is Cc1ccc2ncn([C@H]3CC[C@@H]4CN(c5cccc(C(F)(F)F)n5)C[C@@H]43)c2c1. The maximum absolute atomic E-state index is 13.0. The zero-order valence-electron chi connectivity index (χ0n) is 15.5. The lowest BCUT2D eigenvalue weighted by atomic mass is 9.97. The van der Waals surface area contributed by atoms with Gasteiger partial charge in [0, 0.05) is 25.0 Å². The number of fused-ring (bicyclic) bond motifs is 2. The van der Waals surface area contributed by atoms with Gasteiger partial charge in [0.25, 0.3) is 0 Å². The summed E-state index contributed by atoms with van der Waals surface area (Å²) in [6.45, 7) is 3.57. The van der Waals surface area contributed by atoms with E-state index in [9.17, 15) is 13.2 Å². The van der Waals surface area contributed by atoms with Crippen LogP contribution in [0.1, 0.15) is 30.1 Å². The number of nitrogens with zero attached hydrogens (tertiary/aromatic N) is 4. The van der Waals surface area contributed by atoms with Crippen LogP contribution in [0.25, 0.3) is 11.0 Å². The molecule has 2 aromatic heterocycles. The number of pyridine rings is 1. The molecule has 0 radical (unpaired) electrons. The average Bonchev–Trinajstić information content (AvgIpc) is 3.34. The Morgan fingerprint density at radius 2 is 1.93 bits per heavy atom. The molecule has 2 aliphatic rings. The van der Waals surface area contributed by atoms with Crippen LogP contribution in [0.3, 0.4) is 0 Å². The van der Waals surface area contributed by atoms with Crippen molar-refractivity contribution in [2.24, 2.45) is 11.8 Å². The molecule has 0 unspecified atom stereocenters. The third-order valence-corrected chi connectivity index (χ3v) is 6.26. The van der Waals surface area contributed by atoms with E-state index in [1.54, 1.807) is 6.07 Å². The summed E-state index contributed by atoms with van der Waals surface area (Å²) < 4.78 is 41.3. The van der Waals surface area contributed by atoms with Gasteiger partial charge in [0.15, 0.2) is 0 Å². The Balaban J connectivity index is 1.43. The molecule has 0 spiro atoms. The van der Waals surface area contributed by atoms with Gasteiger partial charge in [-0.3, -0.25) is 0 Å². The van der Waals surface area contributed by atoms with E-state index in [4.69, 9.17) is 0 Å². The van der Waals surface area contributed by atoms with E-state index < -0.39 is 11.9 Å². The summed E-state index contributed by atoms with van der Waals surface area (Å²) in [4.78, 5) is 10.4. The Bertz CT molecular complexity index is 1030. The normalized spacial score (nSPS) is 24.9. The summed E-state index contributed by atoms with van der Waals surface area (Å²) in [5, 5.41) is 0. The van der Waals surface area contributed by atoms with Crippen LogP contribution in [0, 0.1) is 18.8 Å². The number of rotatable bonds is 2. The Kier molecular flexibility index (Phi) is 3.89. The summed E-state index contributed by atoms with van der Waals surface area (Å²) >= 11 is 0. The van der Waals surface area contributed by atoms with Crippen molar-refractivity contribution in [1.82, 2.24) is 14.5 Å². The van der Waals surface area contributed by atoms with Crippen molar-refractivity contribution < 1.29 is 13.2 Å². The number of aryl methyl sites for hydroxylation is 1. The minimum Gasteiger partial charge on any atom is -0.356 e. The molecule has 3 atom stereocenters. The second-order valence-electron chi connectivity index (χ2n) is 8.00. The summed E-state index contributed by atoms with van der Waals surface area (Å²) in [7, 11) is 0. The summed E-state index contributed by atoms with van der Waals surface area (Å²) in [6, 6.07) is 10.8. The van der Waals surface area contributed by atoms with E-state index >= 15 is 0 Å². The Hall–Kier alpha value is -2.57. The fourth-order valence-corrected chi connectivity index (χ4v) is 4.93. The molecule has 7 heteroatoms. The number of imidazole rings is 1. The number of hydrogen-bond acceptors (Lipinski definition) is 3. The van der Waals surface area contributed by atoms with E-state index in [0.717, 1.165) is 43.0 Å². The lowest BCUT2D eigenvalue weighted by molar-refractivity contribution is -0.141. The minimum atomic E-state index is -4.41. The predicted molar refractivity (Wildman–Crippen MR) is 101 cm³/mol. The van der Waals surface area contributed by atoms with Crippen LogP contribution in [0.5, 0.6) is 0 Å². The smallest absolute Gasteiger partial charge is 0.356 e. The van der Waals surface area contributed by atoms with Gasteiger partial charge in [-0.2, -0.15) is 13.2 Å². The molecular formula is C21H21F3N4. The highest BCUT2D eigenvalue weighted by atomic mass is 19.4. The van der Waals surface area contributed by atoms with Crippen molar-refractivity contribution in [3.8, 4) is 0 Å². The highest BCUT2D eigenvalue weighted by Crippen LogP contribution is 2.46. The van der Waals surface area contributed by atoms with Crippen molar-refractivity contribution in [3.05, 3.63) is 54.0 Å². The van der Waals surface area contributed by atoms with E-state index in [0.29, 0.717) is 23.7 Å². The van der Waals surface area contributed by atoms with Gasteiger partial charge in [0.05, 0.1) is 17.4 Å². The Morgan fingerprint density at radius 1 is 1.07 bits per heavy atom. The second kappa shape index (κ2) is 6.22. The minimum absolute atomic E-state index is 0.326. The molecule has 28 heavy (non-hydrogen) atoms. The molecule has 1 aliphatic carbocycles. The number of aromatic nitrogens is 3. The molecule has 3 aromatic rings. The molecule has 0 N–H and O–H groups in total. The average molecular weight is 386 g/mol. The number of hydrogen-bond donors (Lipinski definition) is 0. The first-order valence-corrected chi connectivity index (χ1v) is 9.62. The van der Waals surface area contributed by atoms with E-state index in [1.807, 2.05) is 17.3 Å². The van der Waals surface area contributed by atoms with Gasteiger partial charge >= 0.3 is 6.18 Å². The number of anilines is 1. The first-order chi connectivity index (χ1) is 13.4. The van der Waals surface area contributed by atoms with Crippen molar-refractivity contribution in [1.29, 1.82) is 0 Å². The lowest BCUT2D eigenvalue weighted by Gasteiger charge is -2.23. The molecule has 2 fully saturated rings. The van der Waals surface area contributed by atoms with Gasteiger partial charge in [-0.05, 0) is 55.5 Å². The van der Waals surface area contributed by atoms with E-state index in [2.05, 4.69) is 33.6 Å². The van der Waals surface area contributed by atoms with Crippen LogP contribution < -0.4 is 4.90 Å². The zero-order chi connectivity index (χ0) is 19.5. The Morgan fingerprint density at radius 3 is 2.75 bits per heavy atom. The topological polar surface area (TPSA) is 34.0 Å². The molecular weight excluding hydrogens is 365 g/mol. The molecule has 3 heterocycles. The van der Waals surface area contributed by atoms with Gasteiger partial charge in [-0.1, -0.05) is 12.1 Å². The summed E-state index contributed by atoms with van der Waals surface area (Å²) in [5.41, 5.74) is 2.50. The lowest BCUT2D eigenvalue weighted by Crippen LogP contribution is -2.25. The fourth-order valence-electron chi connectivity index (χ4n) is 4.93. The van der Waals surface area contributed by atoms with Gasteiger partial charge in [0.1, 0.15) is 11.5 Å². The van der Waals surface area contributed by atoms with Crippen LogP contribution in [0.2, 0.25) is 0 Å². The molecule has 5 rings (SSSR count). The van der Waals surface area contributed by atoms with Crippen LogP contribution in [0.4, 0.5) is 19.0 Å². The molecule has 1 saturated carbocycles. The van der Waals surface area contributed by atoms with Crippen molar-refractivity contribution >= 4 is 16.9 Å². The van der Waals surface area contributed by atoms with Gasteiger partial charge in [0.2, 0.25) is 0 Å². The first-order valence-electron chi connectivity index (χ1n) is 9.62. The predicted octanol–water partition coefficient (Wildman–Crippen LogP) is 4.85. The summed E-state index contributed by atoms with van der Waals surface area (Å²) in [5.74, 6) is 1.30. The van der Waals surface area contributed by atoms with Crippen LogP contribution in [0.15, 0.2) is 42.7 Å². The van der Waals surface area contributed by atoms with Crippen molar-refractivity contribution in [2.45, 2.75) is 32.0 Å². The van der Waals surface area contributed by atoms with Gasteiger partial charge < -0.3 is 9.47 Å². The second-order valence-corrected chi connectivity index (χ2v) is 8.00. The first kappa shape index (κ1) is 17.5. The molecule has 4 nitrogen and oxygen atoms in total. The van der Waals surface area contributed by atoms with Crippen molar-refractivity contribution in [2.75, 3.05) is 18.0 Å². The number of alkyl halides is 3. The van der Waals surface area contributed by atoms with Crippen LogP contribution >= 0.6 is 0 Å². The quantitative estimate of drug-likeness (QED) is 0.632. The maximum Gasteiger partial charge on any atom is 0.433 e. The highest BCUT2D eigenvalue weighted by Gasteiger charge is 2.44. The molecule has 1 aromatic carbocycles. The standard InChI is InChI=1S/C21H21F3N4/c1-13-5-7-16-18(9-13)28(12-25-16)17-8-6-14-10-27(11-15(14)17)20-4-2-3-19(26-20)21(22,23)24/h2-5,7,9,12,14-15,17H,6,8,10-11H2,1H3/t14-,15+,17+/m1/s1. The third-order valence-electron chi connectivity index (χ3n) is 6.26. The van der Waals surface area contributed by atoms with Crippen LogP contribution in [-0.2, 0) is 6.18 Å². The molecule has 1 aliphatic heterocycles. The van der Waals surface area contributed by atoms with Crippen molar-refractivity contribution in [3.63, 3.8) is 0 Å². The largest absolute Gasteiger partial charge is 0.433 e. The zero-order valence-corrected chi connectivity index (χ0v) is 15.5. The maximum atomic E-state index is 13.0. The number of benzene rings is 1.